The molecule has 0 fully saturated rings. The number of rotatable bonds is 17. The Kier molecular flexibility index (Phi) is 12.8. The van der Waals surface area contributed by atoms with E-state index in [1.807, 2.05) is 0 Å². The molecule has 4 amide bonds. The van der Waals surface area contributed by atoms with E-state index in [-0.39, 0.29) is 25.0 Å². The molecule has 214 valence electrons. The van der Waals surface area contributed by atoms with Crippen molar-refractivity contribution in [2.24, 2.45) is 11.5 Å². The quantitative estimate of drug-likeness (QED) is 0.0960. The average molecular weight is 554 g/mol. The minimum Gasteiger partial charge on any atom is -0.508 e. The molecule has 16 nitrogen and oxygen atoms in total. The third-order valence-corrected chi connectivity index (χ3v) is 5.32. The van der Waals surface area contributed by atoms with Crippen LogP contribution in [-0.2, 0) is 40.0 Å². The standard InChI is InChI=1S/C23H31N5O11/c24-13(5-7-17(25)30)20(35)26-14(6-8-18(31)32)21(36)27-15(10-19(33)34)22(37)28-16(23(38)39)9-11-1-3-12(29)4-2-11/h1-4,13-16,29H,5-10,24H2,(H2,25,30)(H,26,35)(H,27,36)(H,28,37)(H,31,32)(H,33,34)(H,38,39). The first-order valence-corrected chi connectivity index (χ1v) is 11.6. The number of carbonyl (C=O) groups excluding carboxylic acids is 4. The number of phenolic OH excluding ortho intramolecular Hbond substituents is 1. The molecule has 0 radical (unpaired) electrons. The molecule has 0 saturated carbocycles. The van der Waals surface area contributed by atoms with Gasteiger partial charge in [0.25, 0.3) is 0 Å². The summed E-state index contributed by atoms with van der Waals surface area (Å²) in [6.45, 7) is 0. The minimum atomic E-state index is -1.80. The van der Waals surface area contributed by atoms with Crippen LogP contribution in [-0.4, -0.2) is 86.1 Å². The summed E-state index contributed by atoms with van der Waals surface area (Å²) in [4.78, 5) is 83.0. The van der Waals surface area contributed by atoms with Crippen molar-refractivity contribution in [3.63, 3.8) is 0 Å². The van der Waals surface area contributed by atoms with E-state index >= 15 is 0 Å². The summed E-state index contributed by atoms with van der Waals surface area (Å²) in [6, 6.07) is -0.763. The molecule has 0 aliphatic heterocycles. The second-order valence-electron chi connectivity index (χ2n) is 8.53. The van der Waals surface area contributed by atoms with E-state index in [1.54, 1.807) is 0 Å². The van der Waals surface area contributed by atoms with E-state index in [9.17, 15) is 48.9 Å². The first-order chi connectivity index (χ1) is 18.2. The molecule has 16 heteroatoms. The van der Waals surface area contributed by atoms with E-state index < -0.39 is 85.0 Å². The van der Waals surface area contributed by atoms with Crippen LogP contribution in [0.3, 0.4) is 0 Å². The normalized spacial score (nSPS) is 13.7. The molecule has 0 saturated heterocycles. The number of benzene rings is 1. The van der Waals surface area contributed by atoms with Crippen molar-refractivity contribution in [3.8, 4) is 5.75 Å². The first kappa shape index (κ1) is 32.3. The van der Waals surface area contributed by atoms with Gasteiger partial charge in [-0.2, -0.15) is 0 Å². The van der Waals surface area contributed by atoms with Crippen LogP contribution < -0.4 is 27.4 Å². The van der Waals surface area contributed by atoms with Crippen LogP contribution in [0.1, 0.15) is 37.7 Å². The minimum absolute atomic E-state index is 0.0720. The van der Waals surface area contributed by atoms with E-state index in [4.69, 9.17) is 16.6 Å². The van der Waals surface area contributed by atoms with Gasteiger partial charge in [0.1, 0.15) is 23.9 Å². The molecular weight excluding hydrogens is 522 g/mol. The zero-order valence-corrected chi connectivity index (χ0v) is 20.7. The number of nitrogens with one attached hydrogen (secondary N) is 3. The molecule has 4 unspecified atom stereocenters. The topological polar surface area (TPSA) is 289 Å². The lowest BCUT2D eigenvalue weighted by atomic mass is 10.0. The summed E-state index contributed by atoms with van der Waals surface area (Å²) in [5.41, 5.74) is 11.1. The molecule has 1 rings (SSSR count). The highest BCUT2D eigenvalue weighted by atomic mass is 16.4. The van der Waals surface area contributed by atoms with Gasteiger partial charge in [0, 0.05) is 19.3 Å². The Morgan fingerprint density at radius 3 is 1.77 bits per heavy atom. The number of phenols is 1. The second kappa shape index (κ2) is 15.5. The fourth-order valence-electron chi connectivity index (χ4n) is 3.24. The molecular formula is C23H31N5O11. The second-order valence-corrected chi connectivity index (χ2v) is 8.53. The Bertz CT molecular complexity index is 1080. The summed E-state index contributed by atoms with van der Waals surface area (Å²) < 4.78 is 0. The maximum absolute atomic E-state index is 12.9. The molecule has 39 heavy (non-hydrogen) atoms. The molecule has 1 aromatic rings. The fourth-order valence-corrected chi connectivity index (χ4v) is 3.24. The molecule has 1 aromatic carbocycles. The highest BCUT2D eigenvalue weighted by Crippen LogP contribution is 2.12. The third kappa shape index (κ3) is 12.4. The van der Waals surface area contributed by atoms with Crippen molar-refractivity contribution in [1.29, 1.82) is 0 Å². The molecule has 0 aliphatic rings. The fraction of sp³-hybridized carbons (Fsp3) is 0.435. The van der Waals surface area contributed by atoms with Gasteiger partial charge in [0.15, 0.2) is 0 Å². The van der Waals surface area contributed by atoms with Gasteiger partial charge in [0.2, 0.25) is 23.6 Å². The van der Waals surface area contributed by atoms with Crippen LogP contribution in [0.15, 0.2) is 24.3 Å². The number of hydrogen-bond acceptors (Lipinski definition) is 9. The van der Waals surface area contributed by atoms with Gasteiger partial charge in [-0.15, -0.1) is 0 Å². The summed E-state index contributed by atoms with van der Waals surface area (Å²) in [7, 11) is 0. The molecule has 0 aliphatic carbocycles. The number of aromatic hydroxyl groups is 1. The Labute approximate surface area is 221 Å². The van der Waals surface area contributed by atoms with E-state index in [0.717, 1.165) is 0 Å². The largest absolute Gasteiger partial charge is 0.508 e. The van der Waals surface area contributed by atoms with Crippen LogP contribution in [0, 0.1) is 0 Å². The van der Waals surface area contributed by atoms with Crippen molar-refractivity contribution in [2.75, 3.05) is 0 Å². The predicted molar refractivity (Wildman–Crippen MR) is 131 cm³/mol. The summed E-state index contributed by atoms with van der Waals surface area (Å²) in [5, 5.41) is 43.5. The monoisotopic (exact) mass is 553 g/mol. The molecule has 11 N–H and O–H groups in total. The number of carboxylic acid groups (broad SMARTS) is 3. The lowest BCUT2D eigenvalue weighted by Crippen LogP contribution is -2.57. The van der Waals surface area contributed by atoms with Gasteiger partial charge < -0.3 is 47.8 Å². The van der Waals surface area contributed by atoms with E-state index in [1.165, 1.54) is 24.3 Å². The number of carboxylic acids is 3. The van der Waals surface area contributed by atoms with Crippen molar-refractivity contribution in [3.05, 3.63) is 29.8 Å². The molecule has 0 bridgehead atoms. The summed E-state index contributed by atoms with van der Waals surface area (Å²) in [5.74, 6) is -8.34. The highest BCUT2D eigenvalue weighted by Gasteiger charge is 2.32. The van der Waals surface area contributed by atoms with Crippen molar-refractivity contribution in [2.45, 2.75) is 62.7 Å². The molecule has 0 aromatic heterocycles. The van der Waals surface area contributed by atoms with Crippen molar-refractivity contribution < 1.29 is 54.0 Å². The first-order valence-electron chi connectivity index (χ1n) is 11.6. The Hall–Kier alpha value is -4.73. The van der Waals surface area contributed by atoms with Gasteiger partial charge in [-0.1, -0.05) is 12.1 Å². The van der Waals surface area contributed by atoms with E-state index in [2.05, 4.69) is 16.0 Å². The maximum atomic E-state index is 12.9. The third-order valence-electron chi connectivity index (χ3n) is 5.32. The van der Waals surface area contributed by atoms with Gasteiger partial charge in [-0.25, -0.2) is 4.79 Å². The highest BCUT2D eigenvalue weighted by molar-refractivity contribution is 5.95. The van der Waals surface area contributed by atoms with Crippen LogP contribution >= 0.6 is 0 Å². The van der Waals surface area contributed by atoms with Crippen LogP contribution in [0.25, 0.3) is 0 Å². The number of hydrogen-bond donors (Lipinski definition) is 9. The predicted octanol–water partition coefficient (Wildman–Crippen LogP) is -2.59. The number of primary amides is 1. The van der Waals surface area contributed by atoms with Gasteiger partial charge >= 0.3 is 17.9 Å². The smallest absolute Gasteiger partial charge is 0.326 e. The van der Waals surface area contributed by atoms with Crippen LogP contribution in [0.2, 0.25) is 0 Å². The average Bonchev–Trinajstić information content (AvgIpc) is 2.84. The van der Waals surface area contributed by atoms with Crippen molar-refractivity contribution in [1.82, 2.24) is 16.0 Å². The van der Waals surface area contributed by atoms with Crippen LogP contribution in [0.4, 0.5) is 0 Å². The zero-order chi connectivity index (χ0) is 29.7. The number of amides is 4. The Morgan fingerprint density at radius 2 is 1.26 bits per heavy atom. The Balaban J connectivity index is 3.04. The SMILES string of the molecule is NC(=O)CCC(N)C(=O)NC(CCC(=O)O)C(=O)NC(CC(=O)O)C(=O)NC(Cc1ccc(O)cc1)C(=O)O. The summed E-state index contributed by atoms with van der Waals surface area (Å²) in [6.07, 6.45) is -2.68. The van der Waals surface area contributed by atoms with Gasteiger partial charge in [0.05, 0.1) is 12.5 Å². The van der Waals surface area contributed by atoms with Gasteiger partial charge in [-0.05, 0) is 30.5 Å². The van der Waals surface area contributed by atoms with Crippen molar-refractivity contribution >= 4 is 41.5 Å². The zero-order valence-electron chi connectivity index (χ0n) is 20.7. The molecule has 0 spiro atoms. The Morgan fingerprint density at radius 1 is 0.718 bits per heavy atom. The number of carbonyl (C=O) groups is 7. The number of nitrogens with two attached hydrogens (primary N) is 2. The maximum Gasteiger partial charge on any atom is 0.326 e. The molecule has 4 atom stereocenters. The lowest BCUT2D eigenvalue weighted by molar-refractivity contribution is -0.143. The van der Waals surface area contributed by atoms with Gasteiger partial charge in [-0.3, -0.25) is 28.8 Å². The summed E-state index contributed by atoms with van der Waals surface area (Å²) >= 11 is 0. The lowest BCUT2D eigenvalue weighted by Gasteiger charge is -2.24. The number of aliphatic carboxylic acids is 3. The molecule has 0 heterocycles. The van der Waals surface area contributed by atoms with E-state index in [0.29, 0.717) is 5.56 Å². The van der Waals surface area contributed by atoms with Crippen LogP contribution in [0.5, 0.6) is 5.75 Å².